The summed E-state index contributed by atoms with van der Waals surface area (Å²) in [5.41, 5.74) is 5.60. The lowest BCUT2D eigenvalue weighted by Crippen LogP contribution is -2.09. The fraction of sp³-hybridized carbons (Fsp3) is 0. The zero-order chi connectivity index (χ0) is 23.5. The number of nitrogens with zero attached hydrogens (tertiary/aromatic N) is 3. The van der Waals surface area contributed by atoms with Gasteiger partial charge in [-0.25, -0.2) is 9.97 Å². The van der Waals surface area contributed by atoms with Crippen molar-refractivity contribution in [2.75, 3.05) is 4.90 Å². The highest BCUT2D eigenvalue weighted by Crippen LogP contribution is 2.41. The minimum absolute atomic E-state index is 0.963. The maximum atomic E-state index is 4.37. The molecule has 5 heteroatoms. The van der Waals surface area contributed by atoms with Crippen molar-refractivity contribution in [1.29, 1.82) is 0 Å². The lowest BCUT2D eigenvalue weighted by Gasteiger charge is -2.25. The molecule has 0 saturated carbocycles. The van der Waals surface area contributed by atoms with Gasteiger partial charge in [-0.05, 0) is 72.3 Å². The second kappa shape index (κ2) is 9.66. The van der Waals surface area contributed by atoms with Crippen LogP contribution in [0.25, 0.3) is 30.8 Å². The van der Waals surface area contributed by atoms with Crippen LogP contribution in [0.2, 0.25) is 0 Å². The molecule has 3 nitrogen and oxygen atoms in total. The van der Waals surface area contributed by atoms with Crippen molar-refractivity contribution in [1.82, 2.24) is 9.97 Å². The Morgan fingerprint density at radius 3 is 1.63 bits per heavy atom. The number of hydrogen-bond donors (Lipinski definition) is 0. The molecule has 6 aromatic rings. The number of rotatable bonds is 6. The summed E-state index contributed by atoms with van der Waals surface area (Å²) < 4.78 is 0. The molecule has 0 N–H and O–H groups in total. The molecule has 0 atom stereocenters. The molecule has 0 aliphatic rings. The fourth-order valence-corrected chi connectivity index (χ4v) is 6.13. The quantitative estimate of drug-likeness (QED) is 0.235. The lowest BCUT2D eigenvalue weighted by molar-refractivity contribution is 1.18. The van der Waals surface area contributed by atoms with Gasteiger partial charge in [0, 0.05) is 37.9 Å². The van der Waals surface area contributed by atoms with Gasteiger partial charge in [0.15, 0.2) is 0 Å². The largest absolute Gasteiger partial charge is 0.311 e. The number of hydrogen-bond acceptors (Lipinski definition) is 5. The van der Waals surface area contributed by atoms with Crippen LogP contribution in [-0.2, 0) is 0 Å². The minimum atomic E-state index is 0.963. The van der Waals surface area contributed by atoms with Crippen LogP contribution in [0.1, 0.15) is 0 Å². The van der Waals surface area contributed by atoms with Gasteiger partial charge in [0.1, 0.15) is 6.33 Å². The van der Waals surface area contributed by atoms with Crippen molar-refractivity contribution in [3.8, 4) is 30.8 Å². The van der Waals surface area contributed by atoms with Gasteiger partial charge in [-0.15, -0.1) is 22.7 Å². The van der Waals surface area contributed by atoms with Crippen molar-refractivity contribution in [2.24, 2.45) is 0 Å². The summed E-state index contributed by atoms with van der Waals surface area (Å²) in [6, 6.07) is 40.5. The Kier molecular flexibility index (Phi) is 5.93. The van der Waals surface area contributed by atoms with E-state index in [0.29, 0.717) is 0 Å². The Labute approximate surface area is 212 Å². The molecule has 3 aromatic carbocycles. The van der Waals surface area contributed by atoms with Crippen LogP contribution in [0.5, 0.6) is 0 Å². The molecule has 0 spiro atoms. The van der Waals surface area contributed by atoms with Crippen molar-refractivity contribution >= 4 is 39.7 Å². The smallest absolute Gasteiger partial charge is 0.116 e. The number of benzene rings is 3. The summed E-state index contributed by atoms with van der Waals surface area (Å²) >= 11 is 3.58. The van der Waals surface area contributed by atoms with Crippen LogP contribution in [0, 0.1) is 0 Å². The third-order valence-electron chi connectivity index (χ3n) is 5.73. The molecule has 0 aliphatic heterocycles. The second-order valence-corrected chi connectivity index (χ2v) is 10.1. The first kappa shape index (κ1) is 21.5. The Hall–Kier alpha value is -4.06. The lowest BCUT2D eigenvalue weighted by atomic mass is 10.1. The van der Waals surface area contributed by atoms with Gasteiger partial charge in [-0.3, -0.25) is 0 Å². The minimum Gasteiger partial charge on any atom is -0.311 e. The predicted molar refractivity (Wildman–Crippen MR) is 149 cm³/mol. The summed E-state index contributed by atoms with van der Waals surface area (Å²) in [5.74, 6) is 0. The molecule has 0 radical (unpaired) electrons. The Morgan fingerprint density at radius 2 is 1.03 bits per heavy atom. The molecular formula is C30H21N3S2. The van der Waals surface area contributed by atoms with E-state index in [1.807, 2.05) is 29.5 Å². The van der Waals surface area contributed by atoms with E-state index in [-0.39, 0.29) is 0 Å². The van der Waals surface area contributed by atoms with Gasteiger partial charge < -0.3 is 4.90 Å². The van der Waals surface area contributed by atoms with E-state index in [0.717, 1.165) is 27.6 Å². The molecule has 0 bridgehead atoms. The van der Waals surface area contributed by atoms with Crippen molar-refractivity contribution in [3.63, 3.8) is 0 Å². The van der Waals surface area contributed by atoms with Gasteiger partial charge in [0.05, 0.1) is 10.6 Å². The van der Waals surface area contributed by atoms with E-state index in [2.05, 4.69) is 112 Å². The van der Waals surface area contributed by atoms with Gasteiger partial charge in [0.2, 0.25) is 0 Å². The Balaban J connectivity index is 1.28. The van der Waals surface area contributed by atoms with Crippen LogP contribution >= 0.6 is 22.7 Å². The van der Waals surface area contributed by atoms with Crippen LogP contribution < -0.4 is 4.90 Å². The molecule has 168 valence electrons. The molecule has 3 heterocycles. The standard InChI is InChI=1S/C30H21N3S2/c1-3-7-23(8-4-1)33(24-9-5-2-6-10-24)25-13-11-22(12-14-25)27-15-17-29(34-27)30-18-16-28(35-30)26-19-20-31-21-32-26/h1-21H. The van der Waals surface area contributed by atoms with Gasteiger partial charge in [-0.1, -0.05) is 48.5 Å². The van der Waals surface area contributed by atoms with Gasteiger partial charge in [0.25, 0.3) is 0 Å². The van der Waals surface area contributed by atoms with Crippen LogP contribution in [0.3, 0.4) is 0 Å². The monoisotopic (exact) mass is 487 g/mol. The molecule has 0 saturated heterocycles. The number of anilines is 3. The first-order chi connectivity index (χ1) is 17.3. The summed E-state index contributed by atoms with van der Waals surface area (Å²) in [5, 5.41) is 0. The maximum absolute atomic E-state index is 4.37. The normalized spacial score (nSPS) is 10.9. The van der Waals surface area contributed by atoms with E-state index >= 15 is 0 Å². The third-order valence-corrected chi connectivity index (χ3v) is 8.17. The molecule has 0 amide bonds. The predicted octanol–water partition coefficient (Wildman–Crippen LogP) is 9.07. The highest BCUT2D eigenvalue weighted by atomic mass is 32.1. The highest BCUT2D eigenvalue weighted by molar-refractivity contribution is 7.25. The van der Waals surface area contributed by atoms with Crippen molar-refractivity contribution < 1.29 is 0 Å². The summed E-state index contributed by atoms with van der Waals surface area (Å²) in [4.78, 5) is 15.6. The number of para-hydroxylation sites is 2. The Bertz CT molecular complexity index is 1480. The van der Waals surface area contributed by atoms with Crippen LogP contribution in [0.15, 0.2) is 128 Å². The molecule has 35 heavy (non-hydrogen) atoms. The first-order valence-corrected chi connectivity index (χ1v) is 13.0. The van der Waals surface area contributed by atoms with E-state index in [1.54, 1.807) is 23.9 Å². The van der Waals surface area contributed by atoms with Crippen LogP contribution in [0.4, 0.5) is 17.1 Å². The van der Waals surface area contributed by atoms with Crippen LogP contribution in [-0.4, -0.2) is 9.97 Å². The van der Waals surface area contributed by atoms with E-state index in [9.17, 15) is 0 Å². The van der Waals surface area contributed by atoms with E-state index in [4.69, 9.17) is 0 Å². The highest BCUT2D eigenvalue weighted by Gasteiger charge is 2.13. The van der Waals surface area contributed by atoms with E-state index < -0.39 is 0 Å². The van der Waals surface area contributed by atoms with Gasteiger partial charge in [-0.2, -0.15) is 0 Å². The van der Waals surface area contributed by atoms with E-state index in [1.165, 1.54) is 20.2 Å². The number of thiophene rings is 2. The maximum Gasteiger partial charge on any atom is 0.116 e. The average molecular weight is 488 g/mol. The molecular weight excluding hydrogens is 466 g/mol. The first-order valence-electron chi connectivity index (χ1n) is 11.3. The van der Waals surface area contributed by atoms with Crippen molar-refractivity contribution in [2.45, 2.75) is 0 Å². The summed E-state index contributed by atoms with van der Waals surface area (Å²) in [6.07, 6.45) is 3.38. The summed E-state index contributed by atoms with van der Waals surface area (Å²) in [6.45, 7) is 0. The number of aromatic nitrogens is 2. The molecule has 0 unspecified atom stereocenters. The zero-order valence-corrected chi connectivity index (χ0v) is 20.4. The molecule has 0 aliphatic carbocycles. The average Bonchev–Trinajstić information content (AvgIpc) is 3.62. The molecule has 3 aromatic heterocycles. The SMILES string of the molecule is c1ccc(N(c2ccccc2)c2ccc(-c3ccc(-c4ccc(-c5ccncn5)s4)s3)cc2)cc1. The fourth-order valence-electron chi connectivity index (χ4n) is 4.05. The topological polar surface area (TPSA) is 29.0 Å². The summed E-state index contributed by atoms with van der Waals surface area (Å²) in [7, 11) is 0. The second-order valence-electron chi connectivity index (χ2n) is 7.98. The molecule has 6 rings (SSSR count). The molecule has 0 fully saturated rings. The Morgan fingerprint density at radius 1 is 0.486 bits per heavy atom. The van der Waals surface area contributed by atoms with Crippen molar-refractivity contribution in [3.05, 3.63) is 128 Å². The van der Waals surface area contributed by atoms with Gasteiger partial charge >= 0.3 is 0 Å². The zero-order valence-electron chi connectivity index (χ0n) is 18.8. The third kappa shape index (κ3) is 4.52.